The fraction of sp³-hybridized carbons (Fsp3) is 0.0833. The van der Waals surface area contributed by atoms with Crippen molar-refractivity contribution in [2.24, 2.45) is 5.73 Å². The highest BCUT2D eigenvalue weighted by Crippen LogP contribution is 2.17. The minimum atomic E-state index is -0.724. The second kappa shape index (κ2) is 11.1. The van der Waals surface area contributed by atoms with Crippen molar-refractivity contribution in [3.63, 3.8) is 0 Å². The summed E-state index contributed by atoms with van der Waals surface area (Å²) in [7, 11) is 1.56. The molecule has 0 heterocycles. The number of rotatable bonds is 8. The summed E-state index contributed by atoms with van der Waals surface area (Å²) in [4.78, 5) is 47.4. The van der Waals surface area contributed by atoms with Crippen LogP contribution in [0.2, 0.25) is 0 Å². The molecule has 0 spiro atoms. The van der Waals surface area contributed by atoms with Gasteiger partial charge in [-0.15, -0.1) is 0 Å². The molecular weight excluding hydrogens is 440 g/mol. The Hall–Kier alpha value is -4.86. The number of ether oxygens (including phenoxy) is 2. The lowest BCUT2D eigenvalue weighted by atomic mass is 10.2. The molecule has 0 bridgehead atoms. The summed E-state index contributed by atoms with van der Waals surface area (Å²) in [5.41, 5.74) is 7.09. The Balaban J connectivity index is 1.47. The second-order valence-electron chi connectivity index (χ2n) is 6.95. The Bertz CT molecular complexity index is 1180. The number of primary amides is 1. The van der Waals surface area contributed by atoms with E-state index in [0.717, 1.165) is 0 Å². The smallest absolute Gasteiger partial charge is 0.338 e. The quantitative estimate of drug-likeness (QED) is 0.378. The molecule has 5 N–H and O–H groups in total. The molecule has 0 aliphatic heterocycles. The average molecular weight is 462 g/mol. The molecule has 174 valence electrons. The molecule has 3 rings (SSSR count). The molecule has 34 heavy (non-hydrogen) atoms. The standard InChI is InChI=1S/C24H22N4O6/c1-33-20-12-10-18(11-13-20)27-22(30)15-2-6-17(7-3-15)26-21(29)14-34-23(31)16-4-8-19(9-5-16)28-24(25)32/h2-13H,14H2,1H3,(H,26,29)(H,27,30)(H3,25,28,32). The molecule has 3 aromatic carbocycles. The SMILES string of the molecule is COc1ccc(NC(=O)c2ccc(NC(=O)COC(=O)c3ccc(NC(N)=O)cc3)cc2)cc1. The van der Waals surface area contributed by atoms with Crippen molar-refractivity contribution in [2.75, 3.05) is 29.7 Å². The molecule has 10 nitrogen and oxygen atoms in total. The van der Waals surface area contributed by atoms with Crippen molar-refractivity contribution in [3.05, 3.63) is 83.9 Å². The number of hydrogen-bond acceptors (Lipinski definition) is 6. The normalized spacial score (nSPS) is 10.0. The van der Waals surface area contributed by atoms with Crippen LogP contribution in [0.25, 0.3) is 0 Å². The summed E-state index contributed by atoms with van der Waals surface area (Å²) in [6, 6.07) is 18.2. The van der Waals surface area contributed by atoms with E-state index in [1.54, 1.807) is 55.6 Å². The Morgan fingerprint density at radius 2 is 1.21 bits per heavy atom. The van der Waals surface area contributed by atoms with Gasteiger partial charge in [0.15, 0.2) is 6.61 Å². The number of amides is 4. The average Bonchev–Trinajstić information content (AvgIpc) is 2.83. The number of urea groups is 1. The monoisotopic (exact) mass is 462 g/mol. The minimum Gasteiger partial charge on any atom is -0.497 e. The fourth-order valence-corrected chi connectivity index (χ4v) is 2.83. The topological polar surface area (TPSA) is 149 Å². The number of nitrogens with two attached hydrogens (primary N) is 1. The van der Waals surface area contributed by atoms with Crippen LogP contribution in [0.5, 0.6) is 5.75 Å². The van der Waals surface area contributed by atoms with Crippen LogP contribution < -0.4 is 26.4 Å². The predicted octanol–water partition coefficient (Wildman–Crippen LogP) is 3.23. The number of anilines is 3. The lowest BCUT2D eigenvalue weighted by Gasteiger charge is -2.09. The maximum absolute atomic E-state index is 12.4. The van der Waals surface area contributed by atoms with Gasteiger partial charge in [-0.25, -0.2) is 9.59 Å². The van der Waals surface area contributed by atoms with E-state index in [0.29, 0.717) is 28.4 Å². The predicted molar refractivity (Wildman–Crippen MR) is 126 cm³/mol. The highest BCUT2D eigenvalue weighted by molar-refractivity contribution is 6.04. The number of esters is 1. The van der Waals surface area contributed by atoms with Gasteiger partial charge in [-0.2, -0.15) is 0 Å². The van der Waals surface area contributed by atoms with E-state index < -0.39 is 24.5 Å². The van der Waals surface area contributed by atoms with E-state index in [4.69, 9.17) is 15.2 Å². The summed E-state index contributed by atoms with van der Waals surface area (Å²) >= 11 is 0. The zero-order valence-electron chi connectivity index (χ0n) is 18.2. The molecule has 0 atom stereocenters. The summed E-state index contributed by atoms with van der Waals surface area (Å²) < 4.78 is 10.1. The highest BCUT2D eigenvalue weighted by atomic mass is 16.5. The third kappa shape index (κ3) is 6.82. The Labute approximate surface area is 195 Å². The van der Waals surface area contributed by atoms with Crippen LogP contribution in [0.3, 0.4) is 0 Å². The first-order valence-electron chi connectivity index (χ1n) is 10.0. The summed E-state index contributed by atoms with van der Waals surface area (Å²) in [6.07, 6.45) is 0. The molecule has 0 saturated carbocycles. The van der Waals surface area contributed by atoms with Gasteiger partial charge < -0.3 is 31.2 Å². The van der Waals surface area contributed by atoms with Gasteiger partial charge in [-0.1, -0.05) is 0 Å². The molecule has 0 saturated heterocycles. The van der Waals surface area contributed by atoms with Crippen LogP contribution in [-0.2, 0) is 9.53 Å². The molecule has 0 aromatic heterocycles. The Kier molecular flexibility index (Phi) is 7.79. The largest absolute Gasteiger partial charge is 0.497 e. The van der Waals surface area contributed by atoms with E-state index in [1.807, 2.05) is 0 Å². The Morgan fingerprint density at radius 3 is 1.76 bits per heavy atom. The zero-order valence-corrected chi connectivity index (χ0v) is 18.2. The number of hydrogen-bond donors (Lipinski definition) is 4. The van der Waals surface area contributed by atoms with Gasteiger partial charge in [0.2, 0.25) is 0 Å². The molecule has 0 aliphatic carbocycles. The van der Waals surface area contributed by atoms with E-state index in [-0.39, 0.29) is 11.5 Å². The van der Waals surface area contributed by atoms with Gasteiger partial charge in [0.25, 0.3) is 11.8 Å². The fourth-order valence-electron chi connectivity index (χ4n) is 2.83. The van der Waals surface area contributed by atoms with E-state index in [1.165, 1.54) is 24.3 Å². The van der Waals surface area contributed by atoms with E-state index in [9.17, 15) is 19.2 Å². The third-order valence-corrected chi connectivity index (χ3v) is 4.50. The number of carbonyl (C=O) groups is 4. The lowest BCUT2D eigenvalue weighted by Crippen LogP contribution is -2.21. The Morgan fingerprint density at radius 1 is 0.706 bits per heavy atom. The van der Waals surface area contributed by atoms with Crippen LogP contribution in [0.1, 0.15) is 20.7 Å². The molecule has 0 aliphatic rings. The van der Waals surface area contributed by atoms with Gasteiger partial charge in [0.1, 0.15) is 5.75 Å². The van der Waals surface area contributed by atoms with Gasteiger partial charge >= 0.3 is 12.0 Å². The molecular formula is C24H22N4O6. The van der Waals surface area contributed by atoms with Crippen molar-refractivity contribution in [1.82, 2.24) is 0 Å². The second-order valence-corrected chi connectivity index (χ2v) is 6.95. The van der Waals surface area contributed by atoms with Gasteiger partial charge in [0.05, 0.1) is 12.7 Å². The van der Waals surface area contributed by atoms with Crippen LogP contribution in [-0.4, -0.2) is 37.5 Å². The van der Waals surface area contributed by atoms with E-state index >= 15 is 0 Å². The lowest BCUT2D eigenvalue weighted by molar-refractivity contribution is -0.119. The van der Waals surface area contributed by atoms with Crippen molar-refractivity contribution in [1.29, 1.82) is 0 Å². The summed E-state index contributed by atoms with van der Waals surface area (Å²) in [5, 5.41) is 7.72. The van der Waals surface area contributed by atoms with Crippen molar-refractivity contribution in [3.8, 4) is 5.75 Å². The highest BCUT2D eigenvalue weighted by Gasteiger charge is 2.12. The number of benzene rings is 3. The van der Waals surface area contributed by atoms with E-state index in [2.05, 4.69) is 16.0 Å². The van der Waals surface area contributed by atoms with Gasteiger partial charge in [-0.3, -0.25) is 9.59 Å². The molecule has 0 unspecified atom stereocenters. The minimum absolute atomic E-state index is 0.204. The molecule has 3 aromatic rings. The zero-order chi connectivity index (χ0) is 24.5. The van der Waals surface area contributed by atoms with Crippen molar-refractivity contribution in [2.45, 2.75) is 0 Å². The summed E-state index contributed by atoms with van der Waals surface area (Å²) in [5.74, 6) is -0.879. The van der Waals surface area contributed by atoms with Crippen LogP contribution in [0.15, 0.2) is 72.8 Å². The molecule has 0 radical (unpaired) electrons. The van der Waals surface area contributed by atoms with Crippen LogP contribution in [0, 0.1) is 0 Å². The third-order valence-electron chi connectivity index (χ3n) is 4.50. The van der Waals surface area contributed by atoms with Crippen molar-refractivity contribution >= 4 is 40.9 Å². The molecule has 4 amide bonds. The number of carbonyl (C=O) groups excluding carboxylic acids is 4. The maximum Gasteiger partial charge on any atom is 0.338 e. The first-order chi connectivity index (χ1) is 16.3. The summed E-state index contributed by atoms with van der Waals surface area (Å²) in [6.45, 7) is -0.500. The van der Waals surface area contributed by atoms with Crippen LogP contribution >= 0.6 is 0 Å². The van der Waals surface area contributed by atoms with Crippen LogP contribution in [0.4, 0.5) is 21.9 Å². The maximum atomic E-state index is 12.4. The molecule has 0 fully saturated rings. The van der Waals surface area contributed by atoms with Gasteiger partial charge in [-0.05, 0) is 72.8 Å². The molecule has 10 heteroatoms. The number of nitrogens with one attached hydrogen (secondary N) is 3. The van der Waals surface area contributed by atoms with Crippen molar-refractivity contribution < 1.29 is 28.7 Å². The number of methoxy groups -OCH3 is 1. The van der Waals surface area contributed by atoms with Gasteiger partial charge in [0, 0.05) is 22.6 Å². The first-order valence-corrected chi connectivity index (χ1v) is 10.0. The first kappa shape index (κ1) is 23.8.